The van der Waals surface area contributed by atoms with Gasteiger partial charge in [0.25, 0.3) is 0 Å². The monoisotopic (exact) mass is 304 g/mol. The van der Waals surface area contributed by atoms with Gasteiger partial charge in [-0.05, 0) is 17.9 Å². The maximum atomic E-state index is 4.54. The number of para-hydroxylation sites is 1. The van der Waals surface area contributed by atoms with Gasteiger partial charge in [-0.2, -0.15) is 0 Å². The molecule has 1 aliphatic rings. The van der Waals surface area contributed by atoms with Crippen molar-refractivity contribution in [2.45, 2.75) is 6.54 Å². The van der Waals surface area contributed by atoms with Gasteiger partial charge < -0.3 is 0 Å². The van der Waals surface area contributed by atoms with Crippen molar-refractivity contribution in [1.82, 2.24) is 3.11 Å². The number of hydrogen-bond donors (Lipinski definition) is 0. The molecule has 13 heavy (non-hydrogen) atoms. The summed E-state index contributed by atoms with van der Waals surface area (Å²) in [5.74, 6) is 0. The summed E-state index contributed by atoms with van der Waals surface area (Å²) in [6.07, 6.45) is 2.05. The lowest BCUT2D eigenvalue weighted by molar-refractivity contribution is 0.718. The number of amidine groups is 1. The standard InChI is InChI=1S/C9H9IN2S/c1-13-9-11-8-5-3-2-4-7(8)6-12(9)10/h2-5H,6H2,1H3. The fourth-order valence-electron chi connectivity index (χ4n) is 1.27. The number of nitrogens with zero attached hydrogens (tertiary/aromatic N) is 2. The van der Waals surface area contributed by atoms with E-state index < -0.39 is 0 Å². The van der Waals surface area contributed by atoms with Gasteiger partial charge in [-0.15, -0.1) is 0 Å². The molecule has 0 unspecified atom stereocenters. The molecule has 0 spiro atoms. The van der Waals surface area contributed by atoms with E-state index in [1.54, 1.807) is 11.8 Å². The third-order valence-electron chi connectivity index (χ3n) is 1.91. The average molecular weight is 304 g/mol. The second kappa shape index (κ2) is 3.88. The van der Waals surface area contributed by atoms with Gasteiger partial charge in [-0.3, -0.25) is 3.11 Å². The second-order valence-corrected chi connectivity index (χ2v) is 4.69. The highest BCUT2D eigenvalue weighted by Crippen LogP contribution is 2.29. The minimum absolute atomic E-state index is 0.955. The lowest BCUT2D eigenvalue weighted by Crippen LogP contribution is -2.20. The Morgan fingerprint density at radius 1 is 1.46 bits per heavy atom. The van der Waals surface area contributed by atoms with Gasteiger partial charge >= 0.3 is 0 Å². The summed E-state index contributed by atoms with van der Waals surface area (Å²) in [6.45, 7) is 0.955. The van der Waals surface area contributed by atoms with Crippen LogP contribution in [0.2, 0.25) is 0 Å². The minimum Gasteiger partial charge on any atom is -0.289 e. The van der Waals surface area contributed by atoms with E-state index in [4.69, 9.17) is 0 Å². The number of hydrogen-bond acceptors (Lipinski definition) is 3. The summed E-state index contributed by atoms with van der Waals surface area (Å²) >= 11 is 3.98. The number of thioether (sulfide) groups is 1. The Hall–Kier alpha value is -0.230. The van der Waals surface area contributed by atoms with Crippen molar-refractivity contribution in [2.75, 3.05) is 6.26 Å². The second-order valence-electron chi connectivity index (χ2n) is 2.75. The summed E-state index contributed by atoms with van der Waals surface area (Å²) < 4.78 is 2.14. The Morgan fingerprint density at radius 3 is 3.00 bits per heavy atom. The molecule has 0 amide bonds. The van der Waals surface area contributed by atoms with E-state index >= 15 is 0 Å². The highest BCUT2D eigenvalue weighted by molar-refractivity contribution is 14.1. The minimum atomic E-state index is 0.955. The molecule has 0 fully saturated rings. The normalized spacial score (nSPS) is 15.2. The summed E-state index contributed by atoms with van der Waals surface area (Å²) in [7, 11) is 0. The van der Waals surface area contributed by atoms with Crippen LogP contribution in [0, 0.1) is 0 Å². The van der Waals surface area contributed by atoms with Crippen LogP contribution in [0.5, 0.6) is 0 Å². The molecule has 1 aliphatic heterocycles. The summed E-state index contributed by atoms with van der Waals surface area (Å²) in [4.78, 5) is 4.54. The first kappa shape index (κ1) is 9.33. The maximum absolute atomic E-state index is 4.54. The SMILES string of the molecule is CSC1=Nc2ccccc2CN1I. The molecular formula is C9H9IN2S. The quantitative estimate of drug-likeness (QED) is 0.540. The molecule has 0 saturated heterocycles. The van der Waals surface area contributed by atoms with Crippen molar-refractivity contribution in [1.29, 1.82) is 0 Å². The zero-order valence-corrected chi connectivity index (χ0v) is 10.2. The molecule has 0 aliphatic carbocycles. The summed E-state index contributed by atoms with van der Waals surface area (Å²) in [5, 5.41) is 1.08. The first-order chi connectivity index (χ1) is 6.31. The fraction of sp³-hybridized carbons (Fsp3) is 0.222. The van der Waals surface area contributed by atoms with Crippen molar-refractivity contribution in [3.05, 3.63) is 29.8 Å². The summed E-state index contributed by atoms with van der Waals surface area (Å²) in [5.41, 5.74) is 2.41. The van der Waals surface area contributed by atoms with Crippen molar-refractivity contribution in [3.8, 4) is 0 Å². The molecule has 0 radical (unpaired) electrons. The Bertz CT molecular complexity index is 351. The summed E-state index contributed by atoms with van der Waals surface area (Å²) in [6, 6.07) is 8.28. The van der Waals surface area contributed by atoms with Crippen molar-refractivity contribution in [3.63, 3.8) is 0 Å². The number of rotatable bonds is 0. The van der Waals surface area contributed by atoms with Crippen molar-refractivity contribution in [2.24, 2.45) is 4.99 Å². The van der Waals surface area contributed by atoms with Gasteiger partial charge in [0.1, 0.15) is 0 Å². The van der Waals surface area contributed by atoms with Gasteiger partial charge in [0.05, 0.1) is 35.1 Å². The molecule has 0 bridgehead atoms. The first-order valence-electron chi connectivity index (χ1n) is 3.95. The zero-order valence-electron chi connectivity index (χ0n) is 7.20. The highest BCUT2D eigenvalue weighted by Gasteiger charge is 2.15. The Labute approximate surface area is 95.9 Å². The van der Waals surface area contributed by atoms with Crippen LogP contribution in [0.4, 0.5) is 5.69 Å². The van der Waals surface area contributed by atoms with Crippen LogP contribution in [-0.2, 0) is 6.54 Å². The lowest BCUT2D eigenvalue weighted by Gasteiger charge is -2.22. The number of aliphatic imine (C=N–C) groups is 1. The third-order valence-corrected chi connectivity index (χ3v) is 3.71. The van der Waals surface area contributed by atoms with Crippen LogP contribution in [0.3, 0.4) is 0 Å². The van der Waals surface area contributed by atoms with E-state index in [1.165, 1.54) is 5.56 Å². The predicted octanol–water partition coefficient (Wildman–Crippen LogP) is 3.20. The Kier molecular flexibility index (Phi) is 2.78. The van der Waals surface area contributed by atoms with Gasteiger partial charge in [-0.1, -0.05) is 30.0 Å². The number of fused-ring (bicyclic) bond motifs is 1. The number of halogens is 1. The van der Waals surface area contributed by atoms with Crippen LogP contribution >= 0.6 is 34.6 Å². The molecule has 0 N–H and O–H groups in total. The molecule has 0 aromatic heterocycles. The predicted molar refractivity (Wildman–Crippen MR) is 66.6 cm³/mol. The van der Waals surface area contributed by atoms with E-state index in [0.717, 1.165) is 17.4 Å². The average Bonchev–Trinajstić information content (AvgIpc) is 2.17. The Morgan fingerprint density at radius 2 is 2.23 bits per heavy atom. The van der Waals surface area contributed by atoms with E-state index in [-0.39, 0.29) is 0 Å². The third kappa shape index (κ3) is 1.83. The molecule has 68 valence electrons. The van der Waals surface area contributed by atoms with Gasteiger partial charge in [0.15, 0.2) is 5.17 Å². The zero-order chi connectivity index (χ0) is 9.26. The van der Waals surface area contributed by atoms with Crippen LogP contribution in [-0.4, -0.2) is 14.5 Å². The molecule has 1 aromatic rings. The molecular weight excluding hydrogens is 295 g/mol. The van der Waals surface area contributed by atoms with Crippen LogP contribution in [0.25, 0.3) is 0 Å². The topological polar surface area (TPSA) is 15.6 Å². The van der Waals surface area contributed by atoms with Crippen molar-refractivity contribution < 1.29 is 0 Å². The molecule has 2 rings (SSSR count). The van der Waals surface area contributed by atoms with E-state index in [0.29, 0.717) is 0 Å². The van der Waals surface area contributed by atoms with Gasteiger partial charge in [0, 0.05) is 0 Å². The first-order valence-corrected chi connectivity index (χ1v) is 6.14. The van der Waals surface area contributed by atoms with Crippen LogP contribution < -0.4 is 0 Å². The van der Waals surface area contributed by atoms with Crippen LogP contribution in [0.15, 0.2) is 29.3 Å². The van der Waals surface area contributed by atoms with Gasteiger partial charge in [0.2, 0.25) is 0 Å². The Balaban J connectivity index is 2.44. The number of benzene rings is 1. The maximum Gasteiger partial charge on any atom is 0.173 e. The molecule has 0 saturated carbocycles. The highest BCUT2D eigenvalue weighted by atomic mass is 127. The van der Waals surface area contributed by atoms with Crippen LogP contribution in [0.1, 0.15) is 5.56 Å². The largest absolute Gasteiger partial charge is 0.289 e. The fourth-order valence-corrected chi connectivity index (χ4v) is 2.79. The molecule has 2 nitrogen and oxygen atoms in total. The molecule has 1 heterocycles. The molecule has 1 aromatic carbocycles. The van der Waals surface area contributed by atoms with Gasteiger partial charge in [-0.25, -0.2) is 4.99 Å². The molecule has 0 atom stereocenters. The van der Waals surface area contributed by atoms with E-state index in [2.05, 4.69) is 55.4 Å². The lowest BCUT2D eigenvalue weighted by atomic mass is 10.1. The van der Waals surface area contributed by atoms with Crippen molar-refractivity contribution >= 4 is 45.5 Å². The van der Waals surface area contributed by atoms with E-state index in [9.17, 15) is 0 Å². The van der Waals surface area contributed by atoms with E-state index in [1.807, 2.05) is 6.07 Å². The smallest absolute Gasteiger partial charge is 0.173 e. The molecule has 4 heteroatoms.